The number of carbonyl (C=O) groups excluding carboxylic acids is 1. The summed E-state index contributed by atoms with van der Waals surface area (Å²) >= 11 is 0. The van der Waals surface area contributed by atoms with E-state index in [2.05, 4.69) is 12.2 Å². The van der Waals surface area contributed by atoms with Gasteiger partial charge in [0.25, 0.3) is 0 Å². The fraction of sp³-hybridized carbons (Fsp3) is 0.900. The molecule has 1 N–H and O–H groups in total. The SMILES string of the molecule is CCCC1NC(C)N(CCS(C)=O)C1=O. The summed E-state index contributed by atoms with van der Waals surface area (Å²) in [7, 11) is -0.828. The van der Waals surface area contributed by atoms with Crippen molar-refractivity contribution in [3.05, 3.63) is 0 Å². The van der Waals surface area contributed by atoms with E-state index < -0.39 is 10.8 Å². The number of hydrogen-bond donors (Lipinski definition) is 1. The summed E-state index contributed by atoms with van der Waals surface area (Å²) in [6.45, 7) is 4.64. The van der Waals surface area contributed by atoms with Crippen molar-refractivity contribution < 1.29 is 9.00 Å². The summed E-state index contributed by atoms with van der Waals surface area (Å²) in [5, 5.41) is 3.26. The molecule has 5 heteroatoms. The molecule has 1 saturated heterocycles. The molecule has 0 saturated carbocycles. The van der Waals surface area contributed by atoms with Gasteiger partial charge < -0.3 is 4.90 Å². The fourth-order valence-corrected chi connectivity index (χ4v) is 2.32. The number of amides is 1. The van der Waals surface area contributed by atoms with Gasteiger partial charge in [0.15, 0.2) is 0 Å². The predicted octanol–water partition coefficient (Wildman–Crippen LogP) is 0.311. The molecule has 0 aromatic heterocycles. The van der Waals surface area contributed by atoms with E-state index in [4.69, 9.17) is 0 Å². The van der Waals surface area contributed by atoms with E-state index in [9.17, 15) is 9.00 Å². The number of carbonyl (C=O) groups is 1. The Hall–Kier alpha value is -0.420. The Balaban J connectivity index is 2.50. The van der Waals surface area contributed by atoms with Crippen molar-refractivity contribution >= 4 is 16.7 Å². The molecule has 3 atom stereocenters. The summed E-state index contributed by atoms with van der Waals surface area (Å²) in [5.74, 6) is 0.728. The maximum absolute atomic E-state index is 11.9. The first-order valence-corrected chi connectivity index (χ1v) is 7.15. The van der Waals surface area contributed by atoms with E-state index in [0.717, 1.165) is 12.8 Å². The molecule has 88 valence electrons. The van der Waals surface area contributed by atoms with Crippen LogP contribution >= 0.6 is 0 Å². The molecule has 3 unspecified atom stereocenters. The highest BCUT2D eigenvalue weighted by atomic mass is 32.2. The Labute approximate surface area is 93.9 Å². The minimum absolute atomic E-state index is 0.0321. The zero-order valence-electron chi connectivity index (χ0n) is 9.66. The third-order valence-electron chi connectivity index (χ3n) is 2.69. The molecular formula is C10H20N2O2S. The first-order chi connectivity index (χ1) is 7.06. The van der Waals surface area contributed by atoms with Crippen molar-refractivity contribution in [3.8, 4) is 0 Å². The highest BCUT2D eigenvalue weighted by Crippen LogP contribution is 2.13. The summed E-state index contributed by atoms with van der Waals surface area (Å²) < 4.78 is 11.0. The van der Waals surface area contributed by atoms with Gasteiger partial charge in [0.05, 0.1) is 12.2 Å². The van der Waals surface area contributed by atoms with Crippen LogP contribution in [0.3, 0.4) is 0 Å². The first-order valence-electron chi connectivity index (χ1n) is 5.42. The minimum Gasteiger partial charge on any atom is -0.325 e. The van der Waals surface area contributed by atoms with Gasteiger partial charge in [-0.15, -0.1) is 0 Å². The van der Waals surface area contributed by atoms with Crippen molar-refractivity contribution in [2.45, 2.75) is 38.9 Å². The quantitative estimate of drug-likeness (QED) is 0.742. The second kappa shape index (κ2) is 5.61. The third-order valence-corrected chi connectivity index (χ3v) is 3.45. The number of nitrogens with one attached hydrogen (secondary N) is 1. The number of rotatable bonds is 5. The van der Waals surface area contributed by atoms with Crippen molar-refractivity contribution in [3.63, 3.8) is 0 Å². The highest BCUT2D eigenvalue weighted by molar-refractivity contribution is 7.84. The van der Waals surface area contributed by atoms with E-state index in [1.165, 1.54) is 0 Å². The van der Waals surface area contributed by atoms with Crippen LogP contribution in [0.1, 0.15) is 26.7 Å². The zero-order valence-corrected chi connectivity index (χ0v) is 10.5. The second-order valence-corrected chi connectivity index (χ2v) is 5.55. The molecule has 0 aromatic carbocycles. The first kappa shape index (κ1) is 12.6. The number of hydrogen-bond acceptors (Lipinski definition) is 3. The van der Waals surface area contributed by atoms with Crippen LogP contribution in [-0.4, -0.2) is 45.8 Å². The van der Waals surface area contributed by atoms with Crippen LogP contribution in [0.5, 0.6) is 0 Å². The lowest BCUT2D eigenvalue weighted by Gasteiger charge is -2.19. The van der Waals surface area contributed by atoms with E-state index in [-0.39, 0.29) is 18.1 Å². The van der Waals surface area contributed by atoms with E-state index in [0.29, 0.717) is 12.3 Å². The van der Waals surface area contributed by atoms with Gasteiger partial charge in [0.1, 0.15) is 0 Å². The van der Waals surface area contributed by atoms with Crippen LogP contribution < -0.4 is 5.32 Å². The van der Waals surface area contributed by atoms with Crippen molar-refractivity contribution in [2.24, 2.45) is 0 Å². The standard InChI is InChI=1S/C10H20N2O2S/c1-4-5-9-10(13)12(8(2)11-9)6-7-15(3)14/h8-9,11H,4-7H2,1-3H3. The normalized spacial score (nSPS) is 28.5. The van der Waals surface area contributed by atoms with Crippen LogP contribution in [0.4, 0.5) is 0 Å². The molecule has 1 heterocycles. The lowest BCUT2D eigenvalue weighted by atomic mass is 10.2. The third kappa shape index (κ3) is 3.28. The summed E-state index contributed by atoms with van der Waals surface area (Å²) in [5.41, 5.74) is 0. The van der Waals surface area contributed by atoms with Crippen molar-refractivity contribution in [1.82, 2.24) is 10.2 Å². The van der Waals surface area contributed by atoms with E-state index >= 15 is 0 Å². The molecule has 4 nitrogen and oxygen atoms in total. The predicted molar refractivity (Wildman–Crippen MR) is 61.9 cm³/mol. The Kier molecular flexibility index (Phi) is 4.73. The van der Waals surface area contributed by atoms with Crippen molar-refractivity contribution in [1.29, 1.82) is 0 Å². The minimum atomic E-state index is -0.828. The van der Waals surface area contributed by atoms with Gasteiger partial charge in [0, 0.05) is 29.4 Å². The molecule has 1 aliphatic heterocycles. The van der Waals surface area contributed by atoms with Crippen molar-refractivity contribution in [2.75, 3.05) is 18.6 Å². The summed E-state index contributed by atoms with van der Waals surface area (Å²) in [6, 6.07) is -0.0321. The van der Waals surface area contributed by atoms with E-state index in [1.807, 2.05) is 6.92 Å². The topological polar surface area (TPSA) is 49.4 Å². The Morgan fingerprint density at radius 1 is 1.53 bits per heavy atom. The average Bonchev–Trinajstić information content (AvgIpc) is 2.40. The average molecular weight is 232 g/mol. The van der Waals surface area contributed by atoms with Gasteiger partial charge in [-0.2, -0.15) is 0 Å². The van der Waals surface area contributed by atoms with Gasteiger partial charge in [-0.3, -0.25) is 14.3 Å². The molecule has 0 bridgehead atoms. The Morgan fingerprint density at radius 2 is 2.20 bits per heavy atom. The summed E-state index contributed by atoms with van der Waals surface area (Å²) in [6.07, 6.45) is 3.64. The molecule has 0 aromatic rings. The fourth-order valence-electron chi connectivity index (χ4n) is 1.87. The van der Waals surface area contributed by atoms with Crippen LogP contribution in [0.25, 0.3) is 0 Å². The highest BCUT2D eigenvalue weighted by Gasteiger charge is 2.35. The smallest absolute Gasteiger partial charge is 0.241 e. The lowest BCUT2D eigenvalue weighted by Crippen LogP contribution is -2.37. The molecule has 1 amide bonds. The molecule has 15 heavy (non-hydrogen) atoms. The van der Waals surface area contributed by atoms with Gasteiger partial charge >= 0.3 is 0 Å². The van der Waals surface area contributed by atoms with Crippen LogP contribution in [0.15, 0.2) is 0 Å². The van der Waals surface area contributed by atoms with Crippen LogP contribution in [0.2, 0.25) is 0 Å². The zero-order chi connectivity index (χ0) is 11.4. The second-order valence-electron chi connectivity index (χ2n) is 3.99. The van der Waals surface area contributed by atoms with E-state index in [1.54, 1.807) is 11.2 Å². The van der Waals surface area contributed by atoms with Gasteiger partial charge in [0.2, 0.25) is 5.91 Å². The number of nitrogens with zero attached hydrogens (tertiary/aromatic N) is 1. The molecular weight excluding hydrogens is 212 g/mol. The maximum Gasteiger partial charge on any atom is 0.241 e. The molecule has 1 fully saturated rings. The van der Waals surface area contributed by atoms with Gasteiger partial charge in [-0.1, -0.05) is 13.3 Å². The molecule has 0 radical (unpaired) electrons. The molecule has 0 spiro atoms. The Bertz CT molecular complexity index is 258. The monoisotopic (exact) mass is 232 g/mol. The largest absolute Gasteiger partial charge is 0.325 e. The molecule has 0 aliphatic carbocycles. The van der Waals surface area contributed by atoms with Gasteiger partial charge in [-0.25, -0.2) is 0 Å². The van der Waals surface area contributed by atoms with Crippen LogP contribution in [-0.2, 0) is 15.6 Å². The van der Waals surface area contributed by atoms with Crippen LogP contribution in [0, 0.1) is 0 Å². The summed E-state index contributed by atoms with van der Waals surface area (Å²) in [4.78, 5) is 13.7. The van der Waals surface area contributed by atoms with Gasteiger partial charge in [-0.05, 0) is 13.3 Å². The lowest BCUT2D eigenvalue weighted by molar-refractivity contribution is -0.129. The molecule has 1 rings (SSSR count). The molecule has 1 aliphatic rings. The maximum atomic E-state index is 11.9. The Morgan fingerprint density at radius 3 is 2.73 bits per heavy atom.